The van der Waals surface area contributed by atoms with Gasteiger partial charge in [0.1, 0.15) is 5.82 Å². The van der Waals surface area contributed by atoms with Gasteiger partial charge < -0.3 is 21.1 Å². The van der Waals surface area contributed by atoms with Gasteiger partial charge in [0.2, 0.25) is 5.91 Å². The summed E-state index contributed by atoms with van der Waals surface area (Å²) in [5.74, 6) is 0.520. The molecular formula is C10H16N4O2. The summed E-state index contributed by atoms with van der Waals surface area (Å²) >= 11 is 0. The standard InChI is InChI=1S/C10H16N4O2/c1-16-5-4-12-10(15)7-14-9-3-2-8(11)6-13-9/h2-3,6H,4-5,7,11H2,1H3,(H,12,15)(H,13,14). The maximum atomic E-state index is 11.3. The van der Waals surface area contributed by atoms with E-state index in [1.807, 2.05) is 0 Å². The molecule has 1 heterocycles. The van der Waals surface area contributed by atoms with Gasteiger partial charge in [0.25, 0.3) is 0 Å². The van der Waals surface area contributed by atoms with Crippen molar-refractivity contribution in [1.29, 1.82) is 0 Å². The molecule has 0 fully saturated rings. The molecule has 88 valence electrons. The van der Waals surface area contributed by atoms with E-state index in [2.05, 4.69) is 15.6 Å². The molecule has 0 saturated heterocycles. The van der Waals surface area contributed by atoms with Crippen LogP contribution < -0.4 is 16.4 Å². The molecule has 0 aliphatic rings. The second kappa shape index (κ2) is 6.62. The number of ether oxygens (including phenoxy) is 1. The molecule has 0 spiro atoms. The molecule has 0 atom stereocenters. The fourth-order valence-electron chi connectivity index (χ4n) is 1.04. The van der Waals surface area contributed by atoms with Crippen LogP contribution in [0.1, 0.15) is 0 Å². The van der Waals surface area contributed by atoms with E-state index in [9.17, 15) is 4.79 Å². The second-order valence-corrected chi connectivity index (χ2v) is 3.17. The number of nitrogens with one attached hydrogen (secondary N) is 2. The normalized spacial score (nSPS) is 9.81. The lowest BCUT2D eigenvalue weighted by molar-refractivity contribution is -0.119. The highest BCUT2D eigenvalue weighted by Crippen LogP contribution is 2.04. The quantitative estimate of drug-likeness (QED) is 0.584. The van der Waals surface area contributed by atoms with Crippen molar-refractivity contribution < 1.29 is 9.53 Å². The van der Waals surface area contributed by atoms with Crippen LogP contribution in [0.5, 0.6) is 0 Å². The zero-order valence-electron chi connectivity index (χ0n) is 9.19. The smallest absolute Gasteiger partial charge is 0.239 e. The van der Waals surface area contributed by atoms with Crippen LogP contribution in [-0.2, 0) is 9.53 Å². The van der Waals surface area contributed by atoms with Gasteiger partial charge in [0.15, 0.2) is 0 Å². The van der Waals surface area contributed by atoms with Crippen LogP contribution in [0.25, 0.3) is 0 Å². The summed E-state index contributed by atoms with van der Waals surface area (Å²) in [7, 11) is 1.59. The third-order valence-electron chi connectivity index (χ3n) is 1.84. The maximum absolute atomic E-state index is 11.3. The average Bonchev–Trinajstić information content (AvgIpc) is 2.29. The van der Waals surface area contributed by atoms with Crippen LogP contribution in [0.2, 0.25) is 0 Å². The molecule has 1 aromatic rings. The van der Waals surface area contributed by atoms with Crippen molar-refractivity contribution in [3.8, 4) is 0 Å². The summed E-state index contributed by atoms with van der Waals surface area (Å²) in [6.07, 6.45) is 1.53. The molecule has 1 aromatic heterocycles. The number of rotatable bonds is 6. The van der Waals surface area contributed by atoms with Crippen molar-refractivity contribution in [2.45, 2.75) is 0 Å². The van der Waals surface area contributed by atoms with Gasteiger partial charge in [-0.25, -0.2) is 4.98 Å². The number of carbonyl (C=O) groups excluding carboxylic acids is 1. The van der Waals surface area contributed by atoms with Gasteiger partial charge in [0.05, 0.1) is 25.0 Å². The first-order valence-corrected chi connectivity index (χ1v) is 4.93. The number of nitrogens with two attached hydrogens (primary N) is 1. The number of anilines is 2. The number of hydrogen-bond donors (Lipinski definition) is 3. The zero-order valence-corrected chi connectivity index (χ0v) is 9.19. The van der Waals surface area contributed by atoms with Crippen molar-refractivity contribution in [2.75, 3.05) is 37.9 Å². The average molecular weight is 224 g/mol. The number of aromatic nitrogens is 1. The first kappa shape index (κ1) is 12.3. The number of hydrogen-bond acceptors (Lipinski definition) is 5. The van der Waals surface area contributed by atoms with E-state index in [-0.39, 0.29) is 12.5 Å². The Labute approximate surface area is 94.2 Å². The van der Waals surface area contributed by atoms with E-state index in [4.69, 9.17) is 10.5 Å². The molecule has 0 bridgehead atoms. The largest absolute Gasteiger partial charge is 0.397 e. The molecule has 6 nitrogen and oxygen atoms in total. The summed E-state index contributed by atoms with van der Waals surface area (Å²) in [5, 5.41) is 5.57. The van der Waals surface area contributed by atoms with Crippen LogP contribution >= 0.6 is 0 Å². The van der Waals surface area contributed by atoms with Crippen molar-refractivity contribution in [2.24, 2.45) is 0 Å². The Hall–Kier alpha value is -1.82. The van der Waals surface area contributed by atoms with Crippen LogP contribution in [0, 0.1) is 0 Å². The summed E-state index contributed by atoms with van der Waals surface area (Å²) < 4.78 is 4.81. The lowest BCUT2D eigenvalue weighted by Gasteiger charge is -2.06. The second-order valence-electron chi connectivity index (χ2n) is 3.17. The Morgan fingerprint density at radius 3 is 3.00 bits per heavy atom. The summed E-state index contributed by atoms with van der Waals surface area (Å²) in [6, 6.07) is 3.44. The van der Waals surface area contributed by atoms with Gasteiger partial charge in [-0.2, -0.15) is 0 Å². The molecule has 1 rings (SSSR count). The van der Waals surface area contributed by atoms with Gasteiger partial charge >= 0.3 is 0 Å². The molecule has 6 heteroatoms. The molecule has 16 heavy (non-hydrogen) atoms. The van der Waals surface area contributed by atoms with Crippen LogP contribution in [-0.4, -0.2) is 37.7 Å². The Balaban J connectivity index is 2.23. The Kier molecular flexibility index (Phi) is 5.07. The van der Waals surface area contributed by atoms with E-state index < -0.39 is 0 Å². The number of nitrogen functional groups attached to an aromatic ring is 1. The van der Waals surface area contributed by atoms with E-state index in [0.29, 0.717) is 24.7 Å². The molecule has 0 aromatic carbocycles. The highest BCUT2D eigenvalue weighted by atomic mass is 16.5. The predicted octanol–water partition coefficient (Wildman–Crippen LogP) is -0.162. The molecule has 0 aliphatic heterocycles. The van der Waals surface area contributed by atoms with E-state index in [1.54, 1.807) is 19.2 Å². The van der Waals surface area contributed by atoms with Crippen molar-refractivity contribution in [3.63, 3.8) is 0 Å². The molecule has 0 saturated carbocycles. The Morgan fingerprint density at radius 2 is 2.38 bits per heavy atom. The maximum Gasteiger partial charge on any atom is 0.239 e. The van der Waals surface area contributed by atoms with Gasteiger partial charge in [0, 0.05) is 13.7 Å². The van der Waals surface area contributed by atoms with Crippen molar-refractivity contribution >= 4 is 17.4 Å². The Morgan fingerprint density at radius 1 is 1.56 bits per heavy atom. The number of nitrogens with zero attached hydrogens (tertiary/aromatic N) is 1. The van der Waals surface area contributed by atoms with Gasteiger partial charge in [-0.05, 0) is 12.1 Å². The van der Waals surface area contributed by atoms with Gasteiger partial charge in [-0.1, -0.05) is 0 Å². The lowest BCUT2D eigenvalue weighted by atomic mass is 10.4. The van der Waals surface area contributed by atoms with Crippen LogP contribution in [0.3, 0.4) is 0 Å². The highest BCUT2D eigenvalue weighted by molar-refractivity contribution is 5.80. The SMILES string of the molecule is COCCNC(=O)CNc1ccc(N)cn1. The molecular weight excluding hydrogens is 208 g/mol. The summed E-state index contributed by atoms with van der Waals surface area (Å²) in [6.45, 7) is 1.19. The fourth-order valence-corrected chi connectivity index (χ4v) is 1.04. The monoisotopic (exact) mass is 224 g/mol. The molecule has 0 unspecified atom stereocenters. The fraction of sp³-hybridized carbons (Fsp3) is 0.400. The van der Waals surface area contributed by atoms with Crippen LogP contribution in [0.15, 0.2) is 18.3 Å². The number of pyridine rings is 1. The molecule has 1 amide bonds. The predicted molar refractivity (Wildman–Crippen MR) is 62.0 cm³/mol. The number of carbonyl (C=O) groups is 1. The highest BCUT2D eigenvalue weighted by Gasteiger charge is 2.00. The minimum atomic E-state index is -0.101. The molecule has 0 radical (unpaired) electrons. The van der Waals surface area contributed by atoms with Gasteiger partial charge in [-0.15, -0.1) is 0 Å². The van der Waals surface area contributed by atoms with Crippen molar-refractivity contribution in [1.82, 2.24) is 10.3 Å². The first-order valence-electron chi connectivity index (χ1n) is 4.93. The minimum Gasteiger partial charge on any atom is -0.397 e. The minimum absolute atomic E-state index is 0.101. The first-order chi connectivity index (χ1) is 7.72. The molecule has 0 aliphatic carbocycles. The number of amides is 1. The molecule has 4 N–H and O–H groups in total. The van der Waals surface area contributed by atoms with E-state index in [0.717, 1.165) is 0 Å². The lowest BCUT2D eigenvalue weighted by Crippen LogP contribution is -2.32. The van der Waals surface area contributed by atoms with Crippen LogP contribution in [0.4, 0.5) is 11.5 Å². The van der Waals surface area contributed by atoms with E-state index in [1.165, 1.54) is 6.20 Å². The summed E-state index contributed by atoms with van der Waals surface area (Å²) in [4.78, 5) is 15.3. The third-order valence-corrected chi connectivity index (χ3v) is 1.84. The third kappa shape index (κ3) is 4.61. The van der Waals surface area contributed by atoms with Crippen molar-refractivity contribution in [3.05, 3.63) is 18.3 Å². The Bertz CT molecular complexity index is 326. The summed E-state index contributed by atoms with van der Waals surface area (Å²) in [5.41, 5.74) is 6.07. The number of methoxy groups -OCH3 is 1. The topological polar surface area (TPSA) is 89.3 Å². The van der Waals surface area contributed by atoms with Gasteiger partial charge in [-0.3, -0.25) is 4.79 Å². The zero-order chi connectivity index (χ0) is 11.8. The van der Waals surface area contributed by atoms with E-state index >= 15 is 0 Å².